The molecule has 0 N–H and O–H groups in total. The second-order valence-corrected chi connectivity index (χ2v) is 6.94. The molecule has 124 valence electrons. The minimum Gasteiger partial charge on any atom is -0.312 e. The number of amides is 1. The summed E-state index contributed by atoms with van der Waals surface area (Å²) in [4.78, 5) is 19.0. The van der Waals surface area contributed by atoms with Crippen LogP contribution in [0.3, 0.4) is 0 Å². The lowest BCUT2D eigenvalue weighted by Gasteiger charge is -2.23. The van der Waals surface area contributed by atoms with Crippen molar-refractivity contribution in [2.75, 3.05) is 19.0 Å². The van der Waals surface area contributed by atoms with Gasteiger partial charge in [-0.05, 0) is 31.3 Å². The van der Waals surface area contributed by atoms with Gasteiger partial charge in [-0.25, -0.2) is 4.31 Å². The molecule has 4 nitrogen and oxygen atoms in total. The fourth-order valence-corrected chi connectivity index (χ4v) is 3.19. The molecule has 0 bridgehead atoms. The lowest BCUT2D eigenvalue weighted by molar-refractivity contribution is -0.121. The third-order valence-electron chi connectivity index (χ3n) is 3.86. The van der Waals surface area contributed by atoms with Crippen molar-refractivity contribution in [3.05, 3.63) is 63.6 Å². The Kier molecular flexibility index (Phi) is 4.88. The number of carbonyl (C=O) groups excluding carboxylic acids is 1. The number of rotatable bonds is 2. The Balaban J connectivity index is 2.32. The van der Waals surface area contributed by atoms with Gasteiger partial charge < -0.3 is 4.90 Å². The molecule has 1 aliphatic rings. The van der Waals surface area contributed by atoms with Crippen molar-refractivity contribution in [3.63, 3.8) is 0 Å². The van der Waals surface area contributed by atoms with Crippen molar-refractivity contribution in [2.45, 2.75) is 6.17 Å². The fraction of sp³-hybridized carbons (Fsp3) is 0.176. The van der Waals surface area contributed by atoms with E-state index in [1.54, 1.807) is 37.2 Å². The van der Waals surface area contributed by atoms with Crippen LogP contribution in [0.4, 0.5) is 5.69 Å². The van der Waals surface area contributed by atoms with Gasteiger partial charge in [0.25, 0.3) is 5.91 Å². The first kappa shape index (κ1) is 17.3. The largest absolute Gasteiger partial charge is 0.312 e. The fourth-order valence-electron chi connectivity index (χ4n) is 2.64. The molecule has 7 heteroatoms. The minimum atomic E-state index is -0.768. The molecule has 0 saturated heterocycles. The van der Waals surface area contributed by atoms with Gasteiger partial charge >= 0.3 is 0 Å². The summed E-state index contributed by atoms with van der Waals surface area (Å²) in [5.74, 6) is -0.182. The average Bonchev–Trinajstić information content (AvgIpc) is 2.65. The predicted octanol–water partition coefficient (Wildman–Crippen LogP) is 3.91. The number of aliphatic imine (C=N–C) groups is 1. The molecule has 1 unspecified atom stereocenters. The number of hydrogen-bond donors (Lipinski definition) is 1. The van der Waals surface area contributed by atoms with E-state index in [0.717, 1.165) is 16.8 Å². The van der Waals surface area contributed by atoms with Crippen LogP contribution in [-0.2, 0) is 4.79 Å². The van der Waals surface area contributed by atoms with E-state index in [0.29, 0.717) is 15.8 Å². The van der Waals surface area contributed by atoms with Crippen LogP contribution in [0.25, 0.3) is 0 Å². The zero-order valence-electron chi connectivity index (χ0n) is 13.1. The highest BCUT2D eigenvalue weighted by atomic mass is 35.5. The van der Waals surface area contributed by atoms with Gasteiger partial charge in [0.15, 0.2) is 6.17 Å². The smallest absolute Gasteiger partial charge is 0.267 e. The molecule has 1 heterocycles. The molecule has 0 aliphatic carbocycles. The lowest BCUT2D eigenvalue weighted by Crippen LogP contribution is -2.40. The van der Waals surface area contributed by atoms with E-state index < -0.39 is 6.17 Å². The number of benzene rings is 2. The zero-order chi connectivity index (χ0) is 17.4. The Morgan fingerprint density at radius 2 is 1.88 bits per heavy atom. The first-order chi connectivity index (χ1) is 11.4. The molecule has 1 aliphatic heterocycles. The molecule has 24 heavy (non-hydrogen) atoms. The SMILES string of the molecule is CN1C(=O)C(N(C)S)N=C(c2ccccc2Cl)c2cc(Cl)ccc21. The second-order valence-electron chi connectivity index (χ2n) is 5.46. The zero-order valence-corrected chi connectivity index (χ0v) is 15.5. The summed E-state index contributed by atoms with van der Waals surface area (Å²) in [6.07, 6.45) is -0.768. The van der Waals surface area contributed by atoms with Gasteiger partial charge in [-0.2, -0.15) is 0 Å². The van der Waals surface area contributed by atoms with Crippen molar-refractivity contribution in [1.82, 2.24) is 4.31 Å². The van der Waals surface area contributed by atoms with E-state index >= 15 is 0 Å². The van der Waals surface area contributed by atoms with Gasteiger partial charge in [-0.1, -0.05) is 54.2 Å². The van der Waals surface area contributed by atoms with Gasteiger partial charge in [-0.15, -0.1) is 0 Å². The number of fused-ring (bicyclic) bond motifs is 1. The third-order valence-corrected chi connectivity index (χ3v) is 4.64. The highest BCUT2D eigenvalue weighted by Crippen LogP contribution is 2.32. The summed E-state index contributed by atoms with van der Waals surface area (Å²) >= 11 is 16.8. The van der Waals surface area contributed by atoms with Crippen LogP contribution in [0, 0.1) is 0 Å². The van der Waals surface area contributed by atoms with Gasteiger partial charge in [0.05, 0.1) is 11.4 Å². The highest BCUT2D eigenvalue weighted by Gasteiger charge is 2.32. The number of likely N-dealkylation sites (N-methyl/N-ethyl adjacent to an activating group) is 2. The van der Waals surface area contributed by atoms with Crippen molar-refractivity contribution < 1.29 is 4.79 Å². The molecule has 0 spiro atoms. The number of thiol groups is 1. The molecule has 0 aromatic heterocycles. The lowest BCUT2D eigenvalue weighted by atomic mass is 10.00. The Labute approximate surface area is 156 Å². The molecule has 0 fully saturated rings. The first-order valence-electron chi connectivity index (χ1n) is 7.22. The maximum Gasteiger partial charge on any atom is 0.267 e. The van der Waals surface area contributed by atoms with Crippen molar-refractivity contribution in [3.8, 4) is 0 Å². The van der Waals surface area contributed by atoms with Crippen LogP contribution >= 0.6 is 36.0 Å². The molecule has 1 amide bonds. The number of anilines is 1. The summed E-state index contributed by atoms with van der Waals surface area (Å²) in [5.41, 5.74) is 2.83. The summed E-state index contributed by atoms with van der Waals surface area (Å²) in [5, 5.41) is 1.12. The van der Waals surface area contributed by atoms with E-state index in [9.17, 15) is 4.79 Å². The summed E-state index contributed by atoms with van der Waals surface area (Å²) in [6.45, 7) is 0. The summed E-state index contributed by atoms with van der Waals surface area (Å²) in [7, 11) is 3.40. The highest BCUT2D eigenvalue weighted by molar-refractivity contribution is 7.77. The quantitative estimate of drug-likeness (QED) is 0.802. The number of halogens is 2. The molecule has 0 saturated carbocycles. The van der Waals surface area contributed by atoms with E-state index in [4.69, 9.17) is 23.2 Å². The Morgan fingerprint density at radius 1 is 1.17 bits per heavy atom. The van der Waals surface area contributed by atoms with Crippen LogP contribution in [0.2, 0.25) is 10.0 Å². The molecule has 2 aromatic rings. The molecular weight excluding hydrogens is 365 g/mol. The summed E-state index contributed by atoms with van der Waals surface area (Å²) in [6, 6.07) is 12.7. The Bertz CT molecular complexity index is 838. The van der Waals surface area contributed by atoms with Crippen molar-refractivity contribution >= 4 is 53.3 Å². The van der Waals surface area contributed by atoms with Gasteiger partial charge in [0.2, 0.25) is 0 Å². The number of carbonyl (C=O) groups is 1. The monoisotopic (exact) mass is 379 g/mol. The van der Waals surface area contributed by atoms with Crippen LogP contribution in [0.15, 0.2) is 47.5 Å². The van der Waals surface area contributed by atoms with Crippen LogP contribution < -0.4 is 4.90 Å². The van der Waals surface area contributed by atoms with Gasteiger partial charge in [0, 0.05) is 28.2 Å². The van der Waals surface area contributed by atoms with E-state index in [-0.39, 0.29) is 5.91 Å². The predicted molar refractivity (Wildman–Crippen MR) is 102 cm³/mol. The van der Waals surface area contributed by atoms with Gasteiger partial charge in [-0.3, -0.25) is 9.79 Å². The maximum absolute atomic E-state index is 12.8. The Morgan fingerprint density at radius 3 is 2.54 bits per heavy atom. The maximum atomic E-state index is 12.8. The number of nitrogens with zero attached hydrogens (tertiary/aromatic N) is 3. The normalized spacial score (nSPS) is 17.6. The number of hydrogen-bond acceptors (Lipinski definition) is 4. The molecule has 3 rings (SSSR count). The molecule has 2 aromatic carbocycles. The van der Waals surface area contributed by atoms with Crippen LogP contribution in [0.5, 0.6) is 0 Å². The third kappa shape index (κ3) is 3.05. The van der Waals surface area contributed by atoms with Gasteiger partial charge in [0.1, 0.15) is 0 Å². The molecular formula is C17H15Cl2N3OS. The minimum absolute atomic E-state index is 0.182. The van der Waals surface area contributed by atoms with Crippen LogP contribution in [0.1, 0.15) is 11.1 Å². The average molecular weight is 380 g/mol. The first-order valence-corrected chi connectivity index (χ1v) is 8.37. The summed E-state index contributed by atoms with van der Waals surface area (Å²) < 4.78 is 1.48. The van der Waals surface area contributed by atoms with E-state index in [1.807, 2.05) is 24.3 Å². The molecule has 1 atom stereocenters. The second kappa shape index (κ2) is 6.76. The van der Waals surface area contributed by atoms with Crippen molar-refractivity contribution in [2.24, 2.45) is 4.99 Å². The standard InChI is InChI=1S/C17H15Cl2N3OS/c1-21-14-8-7-10(18)9-12(14)15(11-5-3-4-6-13(11)19)20-16(17(21)23)22(2)24/h3-9,16,24H,1-2H3. The molecule has 0 radical (unpaired) electrons. The van der Waals surface area contributed by atoms with E-state index in [1.165, 1.54) is 4.31 Å². The van der Waals surface area contributed by atoms with E-state index in [2.05, 4.69) is 17.8 Å². The number of benzodiazepines with no additional fused rings is 1. The topological polar surface area (TPSA) is 35.9 Å². The van der Waals surface area contributed by atoms with Crippen molar-refractivity contribution in [1.29, 1.82) is 0 Å². The Hall–Kier alpha value is -1.53. The van der Waals surface area contributed by atoms with Crippen LogP contribution in [-0.4, -0.2) is 36.2 Å².